The third-order valence-electron chi connectivity index (χ3n) is 4.35. The fraction of sp³-hybridized carbons (Fsp3) is 0.300. The Kier molecular flexibility index (Phi) is 4.30. The number of unbranched alkanes of at least 4 members (excludes halogenated alkanes) is 1. The van der Waals surface area contributed by atoms with Crippen molar-refractivity contribution in [1.82, 2.24) is 0 Å². The molecule has 0 bridgehead atoms. The van der Waals surface area contributed by atoms with Gasteiger partial charge in [0.2, 0.25) is 0 Å². The second-order valence-electron chi connectivity index (χ2n) is 5.84. The average molecular weight is 341 g/mol. The van der Waals surface area contributed by atoms with E-state index in [0.29, 0.717) is 0 Å². The normalized spacial score (nSPS) is 13.2. The Hall–Kier alpha value is -1.34. The molecule has 2 aromatic carbocycles. The maximum Gasteiger partial charge on any atom is 0.0257 e. The van der Waals surface area contributed by atoms with Crippen LogP contribution in [0.1, 0.15) is 43.4 Å². The van der Waals surface area contributed by atoms with Crippen molar-refractivity contribution in [3.05, 3.63) is 63.6 Å². The van der Waals surface area contributed by atoms with Crippen LogP contribution in [0.2, 0.25) is 0 Å². The Balaban J connectivity index is 2.09. The van der Waals surface area contributed by atoms with E-state index >= 15 is 0 Å². The summed E-state index contributed by atoms with van der Waals surface area (Å²) in [5, 5.41) is 0. The molecule has 0 radical (unpaired) electrons. The quantitative estimate of drug-likeness (QED) is 0.602. The predicted octanol–water partition coefficient (Wildman–Crippen LogP) is 6.42. The highest BCUT2D eigenvalue weighted by atomic mass is 79.9. The highest BCUT2D eigenvalue weighted by molar-refractivity contribution is 9.10. The molecule has 1 aliphatic rings. The van der Waals surface area contributed by atoms with E-state index < -0.39 is 0 Å². The second kappa shape index (κ2) is 6.19. The summed E-state index contributed by atoms with van der Waals surface area (Å²) in [6, 6.07) is 13.5. The largest absolute Gasteiger partial charge is 0.0766 e. The number of aryl methyl sites for hydroxylation is 1. The van der Waals surface area contributed by atoms with Gasteiger partial charge >= 0.3 is 0 Å². The molecule has 0 aliphatic heterocycles. The summed E-state index contributed by atoms with van der Waals surface area (Å²) in [5.74, 6) is 0. The topological polar surface area (TPSA) is 0 Å². The molecule has 1 heteroatoms. The zero-order valence-electron chi connectivity index (χ0n) is 12.7. The Morgan fingerprint density at radius 1 is 1.05 bits per heavy atom. The van der Waals surface area contributed by atoms with Gasteiger partial charge in [-0.15, -0.1) is 0 Å². The van der Waals surface area contributed by atoms with Gasteiger partial charge in [0.15, 0.2) is 0 Å². The van der Waals surface area contributed by atoms with E-state index in [0.717, 1.165) is 12.8 Å². The Morgan fingerprint density at radius 2 is 1.86 bits per heavy atom. The smallest absolute Gasteiger partial charge is 0.0257 e. The molecule has 0 N–H and O–H groups in total. The first kappa shape index (κ1) is 14.6. The van der Waals surface area contributed by atoms with E-state index in [2.05, 4.69) is 72.3 Å². The van der Waals surface area contributed by atoms with Crippen LogP contribution < -0.4 is 0 Å². The SMILES string of the molecule is CCCCc1ccccc1-c1cc2c(cc1Br)CC=C2C. The standard InChI is InChI=1S/C20H21Br/c1-3-4-7-15-8-5-6-9-17(15)19-13-18-14(2)10-11-16(18)12-20(19)21/h5-6,8-10,12-13H,3-4,7,11H2,1-2H3. The number of halogens is 1. The molecule has 1 aliphatic carbocycles. The van der Waals surface area contributed by atoms with Crippen molar-refractivity contribution in [2.24, 2.45) is 0 Å². The molecular formula is C20H21Br. The van der Waals surface area contributed by atoms with Crippen LogP contribution in [0.3, 0.4) is 0 Å². The first-order valence-corrected chi connectivity index (χ1v) is 8.58. The van der Waals surface area contributed by atoms with Crippen molar-refractivity contribution < 1.29 is 0 Å². The number of hydrogen-bond donors (Lipinski definition) is 0. The fourth-order valence-electron chi connectivity index (χ4n) is 3.10. The predicted molar refractivity (Wildman–Crippen MR) is 95.5 cm³/mol. The zero-order chi connectivity index (χ0) is 14.8. The molecule has 108 valence electrons. The van der Waals surface area contributed by atoms with Gasteiger partial charge in [0.25, 0.3) is 0 Å². The van der Waals surface area contributed by atoms with Crippen LogP contribution in [-0.2, 0) is 12.8 Å². The molecule has 0 nitrogen and oxygen atoms in total. The van der Waals surface area contributed by atoms with E-state index in [9.17, 15) is 0 Å². The molecule has 0 heterocycles. The molecule has 0 saturated carbocycles. The van der Waals surface area contributed by atoms with Gasteiger partial charge < -0.3 is 0 Å². The van der Waals surface area contributed by atoms with Gasteiger partial charge in [-0.1, -0.05) is 59.6 Å². The molecule has 0 unspecified atom stereocenters. The summed E-state index contributed by atoms with van der Waals surface area (Å²) in [7, 11) is 0. The summed E-state index contributed by atoms with van der Waals surface area (Å²) < 4.78 is 1.22. The summed E-state index contributed by atoms with van der Waals surface area (Å²) in [6.45, 7) is 4.47. The minimum Gasteiger partial charge on any atom is -0.0766 e. The average Bonchev–Trinajstić information content (AvgIpc) is 2.85. The molecule has 0 saturated heterocycles. The summed E-state index contributed by atoms with van der Waals surface area (Å²) in [6.07, 6.45) is 7.03. The fourth-order valence-corrected chi connectivity index (χ4v) is 3.70. The van der Waals surface area contributed by atoms with E-state index in [1.807, 2.05) is 0 Å². The van der Waals surface area contributed by atoms with Crippen LogP contribution in [0.5, 0.6) is 0 Å². The van der Waals surface area contributed by atoms with Crippen molar-refractivity contribution in [2.75, 3.05) is 0 Å². The third-order valence-corrected chi connectivity index (χ3v) is 5.01. The summed E-state index contributed by atoms with van der Waals surface area (Å²) in [4.78, 5) is 0. The van der Waals surface area contributed by atoms with E-state index in [4.69, 9.17) is 0 Å². The minimum absolute atomic E-state index is 1.07. The van der Waals surface area contributed by atoms with Crippen molar-refractivity contribution in [3.8, 4) is 11.1 Å². The van der Waals surface area contributed by atoms with Crippen LogP contribution in [0.4, 0.5) is 0 Å². The van der Waals surface area contributed by atoms with Gasteiger partial charge in [0.1, 0.15) is 0 Å². The number of hydrogen-bond acceptors (Lipinski definition) is 0. The lowest BCUT2D eigenvalue weighted by Crippen LogP contribution is -1.93. The zero-order valence-corrected chi connectivity index (χ0v) is 14.3. The molecule has 2 aromatic rings. The minimum atomic E-state index is 1.07. The first-order valence-electron chi connectivity index (χ1n) is 7.78. The lowest BCUT2D eigenvalue weighted by molar-refractivity contribution is 0.796. The lowest BCUT2D eigenvalue weighted by atomic mass is 9.93. The van der Waals surface area contributed by atoms with Gasteiger partial charge in [-0.05, 0) is 71.7 Å². The van der Waals surface area contributed by atoms with Crippen molar-refractivity contribution >= 4 is 21.5 Å². The van der Waals surface area contributed by atoms with Crippen molar-refractivity contribution in [2.45, 2.75) is 39.5 Å². The molecular weight excluding hydrogens is 320 g/mol. The van der Waals surface area contributed by atoms with Gasteiger partial charge in [0, 0.05) is 4.47 Å². The molecule has 0 aromatic heterocycles. The van der Waals surface area contributed by atoms with E-state index in [-0.39, 0.29) is 0 Å². The maximum atomic E-state index is 3.79. The molecule has 21 heavy (non-hydrogen) atoms. The third kappa shape index (κ3) is 2.85. The molecule has 0 amide bonds. The summed E-state index contributed by atoms with van der Waals surface area (Å²) in [5.41, 5.74) is 8.42. The highest BCUT2D eigenvalue weighted by Gasteiger charge is 2.16. The van der Waals surface area contributed by atoms with E-state index in [1.54, 1.807) is 0 Å². The van der Waals surface area contributed by atoms with Crippen LogP contribution in [0.25, 0.3) is 16.7 Å². The lowest BCUT2D eigenvalue weighted by Gasteiger charge is -2.14. The van der Waals surface area contributed by atoms with Gasteiger partial charge in [-0.2, -0.15) is 0 Å². The van der Waals surface area contributed by atoms with Gasteiger partial charge in [-0.25, -0.2) is 0 Å². The van der Waals surface area contributed by atoms with Gasteiger partial charge in [-0.3, -0.25) is 0 Å². The van der Waals surface area contributed by atoms with Crippen LogP contribution in [-0.4, -0.2) is 0 Å². The van der Waals surface area contributed by atoms with Gasteiger partial charge in [0.05, 0.1) is 0 Å². The number of benzene rings is 2. The molecule has 3 rings (SSSR count). The van der Waals surface area contributed by atoms with Crippen molar-refractivity contribution in [3.63, 3.8) is 0 Å². The number of rotatable bonds is 4. The maximum absolute atomic E-state index is 3.79. The van der Waals surface area contributed by atoms with Crippen LogP contribution >= 0.6 is 15.9 Å². The molecule has 0 atom stereocenters. The summed E-state index contributed by atoms with van der Waals surface area (Å²) >= 11 is 3.79. The Labute approximate surface area is 136 Å². The Morgan fingerprint density at radius 3 is 2.67 bits per heavy atom. The van der Waals surface area contributed by atoms with Crippen LogP contribution in [0, 0.1) is 0 Å². The van der Waals surface area contributed by atoms with Crippen LogP contribution in [0.15, 0.2) is 46.9 Å². The second-order valence-corrected chi connectivity index (χ2v) is 6.70. The Bertz CT molecular complexity index is 695. The molecule has 0 fully saturated rings. The van der Waals surface area contributed by atoms with Crippen molar-refractivity contribution in [1.29, 1.82) is 0 Å². The monoisotopic (exact) mass is 340 g/mol. The number of allylic oxidation sites excluding steroid dienone is 2. The number of fused-ring (bicyclic) bond motifs is 1. The highest BCUT2D eigenvalue weighted by Crippen LogP contribution is 2.38. The molecule has 0 spiro atoms. The van der Waals surface area contributed by atoms with E-state index in [1.165, 1.54) is 50.7 Å². The first-order chi connectivity index (χ1) is 10.2.